The first-order valence-corrected chi connectivity index (χ1v) is 8.87. The van der Waals surface area contributed by atoms with Gasteiger partial charge in [0.2, 0.25) is 0 Å². The average Bonchev–Trinajstić information content (AvgIpc) is 2.74. The molecule has 0 bridgehead atoms. The Hall–Kier alpha value is -4.00. The van der Waals surface area contributed by atoms with Crippen LogP contribution in [0, 0.1) is 17.0 Å². The molecular weight excluding hydrogens is 370 g/mol. The fourth-order valence-corrected chi connectivity index (χ4v) is 2.47. The number of nitro benzene ring substituents is 1. The molecule has 7 heteroatoms. The largest absolute Gasteiger partial charge is 0.489 e. The number of nitrogens with zero attached hydrogens (tertiary/aromatic N) is 2. The van der Waals surface area contributed by atoms with E-state index in [1.165, 1.54) is 23.9 Å². The van der Waals surface area contributed by atoms with E-state index >= 15 is 0 Å². The van der Waals surface area contributed by atoms with E-state index in [1.54, 1.807) is 24.3 Å². The van der Waals surface area contributed by atoms with Crippen LogP contribution in [0.25, 0.3) is 0 Å². The molecule has 0 aliphatic heterocycles. The molecule has 0 fully saturated rings. The Morgan fingerprint density at radius 2 is 1.69 bits per heavy atom. The first kappa shape index (κ1) is 19.8. The quantitative estimate of drug-likeness (QED) is 0.371. The van der Waals surface area contributed by atoms with Crippen LogP contribution in [0.3, 0.4) is 0 Å². The van der Waals surface area contributed by atoms with Gasteiger partial charge in [-0.3, -0.25) is 14.9 Å². The molecular formula is C22H19N3O4. The summed E-state index contributed by atoms with van der Waals surface area (Å²) in [6, 6.07) is 20.7. The third-order valence-electron chi connectivity index (χ3n) is 4.13. The number of hydrogen-bond acceptors (Lipinski definition) is 5. The van der Waals surface area contributed by atoms with Crippen molar-refractivity contribution in [2.75, 3.05) is 0 Å². The van der Waals surface area contributed by atoms with Gasteiger partial charge in [0.15, 0.2) is 0 Å². The van der Waals surface area contributed by atoms with Gasteiger partial charge >= 0.3 is 0 Å². The second-order valence-corrected chi connectivity index (χ2v) is 6.35. The lowest BCUT2D eigenvalue weighted by Crippen LogP contribution is -2.17. The molecule has 3 aromatic rings. The average molecular weight is 389 g/mol. The van der Waals surface area contributed by atoms with Crippen molar-refractivity contribution in [2.24, 2.45) is 5.10 Å². The number of hydrazone groups is 1. The molecule has 1 N–H and O–H groups in total. The summed E-state index contributed by atoms with van der Waals surface area (Å²) in [4.78, 5) is 22.3. The first-order chi connectivity index (χ1) is 14.0. The second-order valence-electron chi connectivity index (χ2n) is 6.35. The van der Waals surface area contributed by atoms with Crippen LogP contribution < -0.4 is 10.2 Å². The van der Waals surface area contributed by atoms with Gasteiger partial charge in [0.1, 0.15) is 12.4 Å². The second kappa shape index (κ2) is 9.27. The maximum absolute atomic E-state index is 12.2. The molecule has 0 atom stereocenters. The number of amides is 1. The number of rotatable bonds is 7. The predicted octanol–water partition coefficient (Wildman–Crippen LogP) is 4.25. The van der Waals surface area contributed by atoms with Gasteiger partial charge in [-0.25, -0.2) is 5.43 Å². The molecule has 3 rings (SSSR count). The molecule has 0 heterocycles. The van der Waals surface area contributed by atoms with Crippen molar-refractivity contribution in [1.29, 1.82) is 0 Å². The van der Waals surface area contributed by atoms with E-state index in [0.717, 1.165) is 11.3 Å². The molecule has 0 spiro atoms. The number of nitrogens with one attached hydrogen (secondary N) is 1. The molecule has 0 aliphatic carbocycles. The fraction of sp³-hybridized carbons (Fsp3) is 0.0909. The van der Waals surface area contributed by atoms with Crippen LogP contribution in [-0.2, 0) is 6.61 Å². The zero-order chi connectivity index (χ0) is 20.6. The van der Waals surface area contributed by atoms with Crippen LogP contribution in [0.1, 0.15) is 27.0 Å². The van der Waals surface area contributed by atoms with Crippen LogP contribution in [0.4, 0.5) is 5.69 Å². The monoisotopic (exact) mass is 389 g/mol. The minimum absolute atomic E-state index is 0.00219. The molecule has 0 radical (unpaired) electrons. The van der Waals surface area contributed by atoms with Crippen LogP contribution in [-0.4, -0.2) is 17.0 Å². The van der Waals surface area contributed by atoms with Gasteiger partial charge in [-0.15, -0.1) is 0 Å². The van der Waals surface area contributed by atoms with Crippen LogP contribution in [0.2, 0.25) is 0 Å². The summed E-state index contributed by atoms with van der Waals surface area (Å²) in [7, 11) is 0. The van der Waals surface area contributed by atoms with Crippen molar-refractivity contribution in [2.45, 2.75) is 13.5 Å². The van der Waals surface area contributed by atoms with Crippen molar-refractivity contribution < 1.29 is 14.5 Å². The van der Waals surface area contributed by atoms with Gasteiger partial charge in [-0.1, -0.05) is 29.8 Å². The van der Waals surface area contributed by atoms with Crippen molar-refractivity contribution in [1.82, 2.24) is 5.43 Å². The summed E-state index contributed by atoms with van der Waals surface area (Å²) >= 11 is 0. The van der Waals surface area contributed by atoms with Crippen molar-refractivity contribution in [3.63, 3.8) is 0 Å². The summed E-state index contributed by atoms with van der Waals surface area (Å²) in [6.45, 7) is 2.42. The fourth-order valence-electron chi connectivity index (χ4n) is 2.47. The molecule has 0 saturated carbocycles. The lowest BCUT2D eigenvalue weighted by atomic mass is 10.1. The number of carbonyl (C=O) groups excluding carboxylic acids is 1. The SMILES string of the molecule is Cc1ccc(OCc2ccc(C(=O)NN=Cc3ccc([N+](=O)[O-])cc3)cc2)cc1. The van der Waals surface area contributed by atoms with Gasteiger partial charge in [0.05, 0.1) is 11.1 Å². The van der Waals surface area contributed by atoms with Gasteiger partial charge in [0, 0.05) is 17.7 Å². The number of carbonyl (C=O) groups is 1. The van der Waals surface area contributed by atoms with Crippen LogP contribution in [0.5, 0.6) is 5.75 Å². The van der Waals surface area contributed by atoms with E-state index in [2.05, 4.69) is 10.5 Å². The van der Waals surface area contributed by atoms with Gasteiger partial charge in [0.25, 0.3) is 11.6 Å². The summed E-state index contributed by atoms with van der Waals surface area (Å²) in [5.41, 5.74) is 5.64. The molecule has 0 aromatic heterocycles. The third-order valence-corrected chi connectivity index (χ3v) is 4.13. The number of hydrogen-bond donors (Lipinski definition) is 1. The molecule has 0 aliphatic rings. The Kier molecular flexibility index (Phi) is 6.32. The lowest BCUT2D eigenvalue weighted by molar-refractivity contribution is -0.384. The smallest absolute Gasteiger partial charge is 0.271 e. The van der Waals surface area contributed by atoms with E-state index in [1.807, 2.05) is 43.3 Å². The standard InChI is InChI=1S/C22H19N3O4/c1-16-2-12-21(13-3-16)29-15-18-4-8-19(9-5-18)22(26)24-23-14-17-6-10-20(11-7-17)25(27)28/h2-14H,15H2,1H3,(H,24,26). The number of non-ortho nitro benzene ring substituents is 1. The van der Waals surface area contributed by atoms with Gasteiger partial charge < -0.3 is 4.74 Å². The normalized spacial score (nSPS) is 10.7. The Bertz CT molecular complexity index is 1010. The highest BCUT2D eigenvalue weighted by Crippen LogP contribution is 2.14. The highest BCUT2D eigenvalue weighted by molar-refractivity contribution is 5.94. The number of ether oxygens (including phenoxy) is 1. The van der Waals surface area contributed by atoms with Crippen molar-refractivity contribution in [3.8, 4) is 5.75 Å². The Labute approximate surface area is 167 Å². The summed E-state index contributed by atoms with van der Waals surface area (Å²) in [5, 5.41) is 14.5. The molecule has 29 heavy (non-hydrogen) atoms. The molecule has 7 nitrogen and oxygen atoms in total. The third kappa shape index (κ3) is 5.74. The molecule has 3 aromatic carbocycles. The maximum atomic E-state index is 12.2. The zero-order valence-electron chi connectivity index (χ0n) is 15.7. The van der Waals surface area contributed by atoms with E-state index in [-0.39, 0.29) is 11.6 Å². The molecule has 146 valence electrons. The van der Waals surface area contributed by atoms with Crippen molar-refractivity contribution >= 4 is 17.8 Å². The van der Waals surface area contributed by atoms with Crippen LogP contribution in [0.15, 0.2) is 77.9 Å². The summed E-state index contributed by atoms with van der Waals surface area (Å²) < 4.78 is 5.72. The van der Waals surface area contributed by atoms with E-state index in [0.29, 0.717) is 17.7 Å². The van der Waals surface area contributed by atoms with E-state index in [4.69, 9.17) is 4.74 Å². The minimum Gasteiger partial charge on any atom is -0.489 e. The maximum Gasteiger partial charge on any atom is 0.271 e. The van der Waals surface area contributed by atoms with Crippen LogP contribution >= 0.6 is 0 Å². The van der Waals surface area contributed by atoms with Gasteiger partial charge in [-0.2, -0.15) is 5.10 Å². The van der Waals surface area contributed by atoms with Gasteiger partial charge in [-0.05, 0) is 54.4 Å². The molecule has 0 unspecified atom stereocenters. The predicted molar refractivity (Wildman–Crippen MR) is 110 cm³/mol. The highest BCUT2D eigenvalue weighted by Gasteiger charge is 2.05. The van der Waals surface area contributed by atoms with Crippen molar-refractivity contribution in [3.05, 3.63) is 105 Å². The van der Waals surface area contributed by atoms with E-state index < -0.39 is 4.92 Å². The molecule has 0 saturated heterocycles. The number of aryl methyl sites for hydroxylation is 1. The summed E-state index contributed by atoms with van der Waals surface area (Å²) in [5.74, 6) is 0.437. The number of benzene rings is 3. The number of nitro groups is 1. The Morgan fingerprint density at radius 1 is 1.03 bits per heavy atom. The lowest BCUT2D eigenvalue weighted by Gasteiger charge is -2.07. The zero-order valence-corrected chi connectivity index (χ0v) is 15.7. The summed E-state index contributed by atoms with van der Waals surface area (Å²) in [6.07, 6.45) is 1.42. The topological polar surface area (TPSA) is 93.8 Å². The highest BCUT2D eigenvalue weighted by atomic mass is 16.6. The minimum atomic E-state index is -0.474. The Morgan fingerprint density at radius 3 is 2.31 bits per heavy atom. The van der Waals surface area contributed by atoms with E-state index in [9.17, 15) is 14.9 Å². The Balaban J connectivity index is 1.51. The first-order valence-electron chi connectivity index (χ1n) is 8.87. The molecule has 1 amide bonds.